The summed E-state index contributed by atoms with van der Waals surface area (Å²) in [7, 11) is 0. The highest BCUT2D eigenvalue weighted by atomic mass is 16.1. The molecule has 0 fully saturated rings. The Morgan fingerprint density at radius 3 is 2.41 bits per heavy atom. The molecule has 0 unspecified atom stereocenters. The minimum Gasteiger partial charge on any atom is -0.346 e. The monoisotopic (exact) mass is 390 g/mol. The highest BCUT2D eigenvalue weighted by Crippen LogP contribution is 2.26. The Hall–Kier alpha value is -2.55. The Morgan fingerprint density at radius 1 is 1.03 bits per heavy atom. The maximum Gasteiger partial charge on any atom is 0.251 e. The Morgan fingerprint density at radius 2 is 1.76 bits per heavy atom. The minimum absolute atomic E-state index is 0.0319. The number of carbonyl (C=O) groups excluding carboxylic acids is 1. The van der Waals surface area contributed by atoms with Crippen molar-refractivity contribution >= 4 is 16.8 Å². The van der Waals surface area contributed by atoms with Crippen molar-refractivity contribution in [2.75, 3.05) is 0 Å². The largest absolute Gasteiger partial charge is 0.346 e. The van der Waals surface area contributed by atoms with Crippen LogP contribution in [0.2, 0.25) is 0 Å². The van der Waals surface area contributed by atoms with Crippen molar-refractivity contribution in [2.24, 2.45) is 5.92 Å². The number of amides is 1. The molecule has 29 heavy (non-hydrogen) atoms. The molecule has 3 nitrogen and oxygen atoms in total. The molecule has 1 atom stereocenters. The normalized spacial score (nSPS) is 13.1. The molecule has 1 aromatic heterocycles. The number of nitrogens with one attached hydrogen (secondary N) is 1. The van der Waals surface area contributed by atoms with Gasteiger partial charge in [-0.3, -0.25) is 4.79 Å². The molecule has 0 radical (unpaired) electrons. The van der Waals surface area contributed by atoms with E-state index in [0.717, 1.165) is 17.6 Å². The molecule has 0 saturated carbocycles. The summed E-state index contributed by atoms with van der Waals surface area (Å²) < 4.78 is 2.31. The highest BCUT2D eigenvalue weighted by Gasteiger charge is 2.17. The lowest BCUT2D eigenvalue weighted by molar-refractivity contribution is 0.0940. The molecule has 0 spiro atoms. The number of rotatable bonds is 5. The maximum atomic E-state index is 13.0. The summed E-state index contributed by atoms with van der Waals surface area (Å²) in [4.78, 5) is 13.0. The molecule has 3 heteroatoms. The lowest BCUT2D eigenvalue weighted by Crippen LogP contribution is -2.27. The quantitative estimate of drug-likeness (QED) is 0.538. The summed E-state index contributed by atoms with van der Waals surface area (Å²) in [6, 6.07) is 16.7. The molecule has 0 saturated heterocycles. The van der Waals surface area contributed by atoms with Crippen LogP contribution in [0, 0.1) is 12.8 Å². The van der Waals surface area contributed by atoms with E-state index in [1.54, 1.807) is 0 Å². The van der Waals surface area contributed by atoms with Gasteiger partial charge in [-0.2, -0.15) is 0 Å². The minimum atomic E-state index is -0.0512. The second-order valence-corrected chi connectivity index (χ2v) is 9.63. The topological polar surface area (TPSA) is 34.0 Å². The number of aryl methyl sites for hydroxylation is 1. The predicted octanol–water partition coefficient (Wildman–Crippen LogP) is 6.39. The van der Waals surface area contributed by atoms with E-state index in [-0.39, 0.29) is 17.4 Å². The van der Waals surface area contributed by atoms with Gasteiger partial charge in [-0.25, -0.2) is 0 Å². The molecule has 0 aliphatic carbocycles. The van der Waals surface area contributed by atoms with Gasteiger partial charge in [-0.1, -0.05) is 65.0 Å². The van der Waals surface area contributed by atoms with Gasteiger partial charge >= 0.3 is 0 Å². The number of aromatic nitrogens is 1. The Bertz CT molecular complexity index is 1020. The first-order valence-corrected chi connectivity index (χ1v) is 10.6. The van der Waals surface area contributed by atoms with Gasteiger partial charge in [0, 0.05) is 23.3 Å². The zero-order valence-electron chi connectivity index (χ0n) is 18.8. The van der Waals surface area contributed by atoms with Crippen LogP contribution in [0.25, 0.3) is 10.9 Å². The maximum absolute atomic E-state index is 13.0. The molecule has 0 bridgehead atoms. The van der Waals surface area contributed by atoms with E-state index in [1.807, 2.05) is 19.1 Å². The Kier molecular flexibility index (Phi) is 5.88. The molecular formula is C26H34N2O. The van der Waals surface area contributed by atoms with E-state index in [1.165, 1.54) is 16.6 Å². The summed E-state index contributed by atoms with van der Waals surface area (Å²) >= 11 is 0. The second kappa shape index (κ2) is 8.06. The van der Waals surface area contributed by atoms with Crippen molar-refractivity contribution in [2.45, 2.75) is 66.5 Å². The Labute approximate surface area is 175 Å². The van der Waals surface area contributed by atoms with Gasteiger partial charge in [-0.15, -0.1) is 0 Å². The first-order chi connectivity index (χ1) is 13.6. The van der Waals surface area contributed by atoms with Crippen LogP contribution in [0.3, 0.4) is 0 Å². The number of hydrogen-bond acceptors (Lipinski definition) is 1. The van der Waals surface area contributed by atoms with Gasteiger partial charge < -0.3 is 9.88 Å². The van der Waals surface area contributed by atoms with Crippen LogP contribution in [-0.4, -0.2) is 10.5 Å². The molecule has 1 amide bonds. The summed E-state index contributed by atoms with van der Waals surface area (Å²) in [5.74, 6) is 0.521. The van der Waals surface area contributed by atoms with Crippen LogP contribution in [0.5, 0.6) is 0 Å². The van der Waals surface area contributed by atoms with Crippen molar-refractivity contribution in [3.8, 4) is 0 Å². The van der Waals surface area contributed by atoms with Crippen molar-refractivity contribution < 1.29 is 4.79 Å². The zero-order valence-corrected chi connectivity index (χ0v) is 18.8. The highest BCUT2D eigenvalue weighted by molar-refractivity contribution is 5.98. The van der Waals surface area contributed by atoms with Gasteiger partial charge in [-0.05, 0) is 59.9 Å². The molecule has 1 heterocycles. The van der Waals surface area contributed by atoms with Gasteiger partial charge in [0.15, 0.2) is 0 Å². The lowest BCUT2D eigenvalue weighted by Gasteiger charge is -2.22. The van der Waals surface area contributed by atoms with E-state index >= 15 is 0 Å². The molecule has 3 aromatic rings. The van der Waals surface area contributed by atoms with Crippen LogP contribution in [0.1, 0.15) is 74.8 Å². The molecule has 154 valence electrons. The number of hydrogen-bond donors (Lipinski definition) is 1. The average Bonchev–Trinajstić information content (AvgIpc) is 2.95. The van der Waals surface area contributed by atoms with Gasteiger partial charge in [0.05, 0.1) is 6.04 Å². The third kappa shape index (κ3) is 4.72. The first-order valence-electron chi connectivity index (χ1n) is 10.6. The van der Waals surface area contributed by atoms with Crippen LogP contribution < -0.4 is 5.32 Å². The SMILES string of the molecule is Cc1cc2ccc(C(=O)N[C@@H](C)c3cccc(C(C)(C)C)c3)cc2n1CC(C)C. The van der Waals surface area contributed by atoms with E-state index < -0.39 is 0 Å². The van der Waals surface area contributed by atoms with E-state index in [0.29, 0.717) is 11.5 Å². The van der Waals surface area contributed by atoms with Crippen LogP contribution in [-0.2, 0) is 12.0 Å². The molecule has 2 aromatic carbocycles. The van der Waals surface area contributed by atoms with Crippen molar-refractivity contribution in [1.29, 1.82) is 0 Å². The summed E-state index contributed by atoms with van der Waals surface area (Å²) in [5, 5.41) is 4.36. The summed E-state index contributed by atoms with van der Waals surface area (Å²) in [6.45, 7) is 16.2. The zero-order chi connectivity index (χ0) is 21.3. The molecule has 1 N–H and O–H groups in total. The number of benzene rings is 2. The van der Waals surface area contributed by atoms with Gasteiger partial charge in [0.2, 0.25) is 0 Å². The smallest absolute Gasteiger partial charge is 0.251 e. The molecular weight excluding hydrogens is 356 g/mol. The number of nitrogens with zero attached hydrogens (tertiary/aromatic N) is 1. The Balaban J connectivity index is 1.84. The lowest BCUT2D eigenvalue weighted by atomic mass is 9.85. The fraction of sp³-hybridized carbons (Fsp3) is 0.423. The van der Waals surface area contributed by atoms with E-state index in [2.05, 4.69) is 87.8 Å². The van der Waals surface area contributed by atoms with Crippen LogP contribution in [0.15, 0.2) is 48.5 Å². The van der Waals surface area contributed by atoms with E-state index in [9.17, 15) is 4.79 Å². The molecule has 3 rings (SSSR count). The first kappa shape index (κ1) is 21.2. The predicted molar refractivity (Wildman–Crippen MR) is 123 cm³/mol. The molecule has 0 aliphatic rings. The van der Waals surface area contributed by atoms with Gasteiger partial charge in [0.25, 0.3) is 5.91 Å². The number of carbonyl (C=O) groups is 1. The third-order valence-corrected chi connectivity index (χ3v) is 5.52. The van der Waals surface area contributed by atoms with Crippen molar-refractivity contribution in [3.63, 3.8) is 0 Å². The third-order valence-electron chi connectivity index (χ3n) is 5.52. The average molecular weight is 391 g/mol. The summed E-state index contributed by atoms with van der Waals surface area (Å²) in [5.41, 5.74) is 5.57. The van der Waals surface area contributed by atoms with Crippen LogP contribution >= 0.6 is 0 Å². The second-order valence-electron chi connectivity index (χ2n) is 9.63. The van der Waals surface area contributed by atoms with Gasteiger partial charge in [0.1, 0.15) is 0 Å². The fourth-order valence-electron chi connectivity index (χ4n) is 3.78. The fourth-order valence-corrected chi connectivity index (χ4v) is 3.78. The number of fused-ring (bicyclic) bond motifs is 1. The van der Waals surface area contributed by atoms with Crippen molar-refractivity contribution in [1.82, 2.24) is 9.88 Å². The van der Waals surface area contributed by atoms with E-state index in [4.69, 9.17) is 0 Å². The molecule has 0 aliphatic heterocycles. The van der Waals surface area contributed by atoms with Crippen molar-refractivity contribution in [3.05, 3.63) is 70.9 Å². The standard InChI is InChI=1S/C26H34N2O/c1-17(2)16-28-18(3)13-21-11-12-22(15-24(21)28)25(29)27-19(4)20-9-8-10-23(14-20)26(5,6)7/h8-15,17,19H,16H2,1-7H3,(H,27,29)/t19-/m0/s1. The van der Waals surface area contributed by atoms with Crippen LogP contribution in [0.4, 0.5) is 0 Å². The summed E-state index contributed by atoms with van der Waals surface area (Å²) in [6.07, 6.45) is 0.